The molecule has 3 aliphatic carbocycles. The largest absolute Gasteiger partial charge is 0.481 e. The Balaban J connectivity index is 1.10. The van der Waals surface area contributed by atoms with Gasteiger partial charge in [-0.25, -0.2) is 4.39 Å². The van der Waals surface area contributed by atoms with Crippen molar-refractivity contribution in [2.24, 2.45) is 28.3 Å². The maximum atomic E-state index is 16.7. The lowest BCUT2D eigenvalue weighted by molar-refractivity contribution is -0.199. The van der Waals surface area contributed by atoms with Crippen LogP contribution in [-0.4, -0.2) is 59.4 Å². The zero-order chi connectivity index (χ0) is 33.8. The molecule has 7 atom stereocenters. The highest BCUT2D eigenvalue weighted by Gasteiger charge is 2.69. The number of halogens is 1. The lowest BCUT2D eigenvalue weighted by Crippen LogP contribution is -2.65. The van der Waals surface area contributed by atoms with Crippen molar-refractivity contribution in [2.75, 3.05) is 6.54 Å². The third-order valence-electron chi connectivity index (χ3n) is 11.4. The molecule has 3 heterocycles. The van der Waals surface area contributed by atoms with Crippen molar-refractivity contribution < 1.29 is 28.1 Å². The number of pyridine rings is 1. The monoisotopic (exact) mass is 654 g/mol. The van der Waals surface area contributed by atoms with Crippen LogP contribution >= 0.6 is 0 Å². The number of hydrogen-bond donors (Lipinski definition) is 2. The number of nitrogens with one attached hydrogen (secondary N) is 2. The fourth-order valence-corrected chi connectivity index (χ4v) is 8.55. The molecule has 0 spiro atoms. The van der Waals surface area contributed by atoms with Gasteiger partial charge in [-0.1, -0.05) is 87.4 Å². The summed E-state index contributed by atoms with van der Waals surface area (Å²) in [5.41, 5.74) is -1.37. The van der Waals surface area contributed by atoms with Gasteiger partial charge >= 0.3 is 7.12 Å². The van der Waals surface area contributed by atoms with E-state index < -0.39 is 42.2 Å². The minimum absolute atomic E-state index is 0.0388. The number of aromatic nitrogens is 1. The normalized spacial score (nSPS) is 29.8. The SMILES string of the molecule is CC(C)C[C@H](NC(=O)C1(C(F)c2ccccc2)CC(CNC(=O)c2nccc3ccccc23)=NO1)B1O[C@@H]2C[C@@H]3C[C@@H](C3(C)C)[C@]2(C)O1. The van der Waals surface area contributed by atoms with Crippen LogP contribution in [0.1, 0.15) is 82.5 Å². The summed E-state index contributed by atoms with van der Waals surface area (Å²) in [4.78, 5) is 37.7. The Morgan fingerprint density at radius 1 is 1.04 bits per heavy atom. The van der Waals surface area contributed by atoms with Gasteiger partial charge in [-0.2, -0.15) is 0 Å². The Morgan fingerprint density at radius 2 is 1.79 bits per heavy atom. The maximum Gasteiger partial charge on any atom is 0.481 e. The fraction of sp³-hybridized carbons (Fsp3) is 0.514. The van der Waals surface area contributed by atoms with E-state index in [4.69, 9.17) is 14.1 Å². The molecule has 2 aromatic carbocycles. The molecular weight excluding hydrogens is 610 g/mol. The summed E-state index contributed by atoms with van der Waals surface area (Å²) in [7, 11) is -0.678. The van der Waals surface area contributed by atoms with Crippen LogP contribution in [0.5, 0.6) is 0 Å². The number of fused-ring (bicyclic) bond motifs is 1. The zero-order valence-corrected chi connectivity index (χ0v) is 28.2. The molecule has 3 saturated carbocycles. The molecule has 5 aliphatic rings. The Hall–Kier alpha value is -3.83. The van der Waals surface area contributed by atoms with Crippen LogP contribution in [0, 0.1) is 23.2 Å². The molecule has 8 rings (SSSR count). The highest BCUT2D eigenvalue weighted by atomic mass is 19.1. The van der Waals surface area contributed by atoms with E-state index in [1.807, 2.05) is 30.3 Å². The molecule has 252 valence electrons. The van der Waals surface area contributed by atoms with Crippen LogP contribution in [0.3, 0.4) is 0 Å². The van der Waals surface area contributed by atoms with Crippen LogP contribution < -0.4 is 10.6 Å². The molecule has 1 saturated heterocycles. The Morgan fingerprint density at radius 3 is 2.54 bits per heavy atom. The van der Waals surface area contributed by atoms with E-state index in [1.165, 1.54) is 0 Å². The summed E-state index contributed by atoms with van der Waals surface area (Å²) in [5.74, 6) is -0.431. The van der Waals surface area contributed by atoms with Crippen molar-refractivity contribution >= 4 is 35.4 Å². The summed E-state index contributed by atoms with van der Waals surface area (Å²) >= 11 is 0. The first-order valence-corrected chi connectivity index (χ1v) is 17.1. The summed E-state index contributed by atoms with van der Waals surface area (Å²) in [5, 5.41) is 11.7. The van der Waals surface area contributed by atoms with E-state index in [1.54, 1.807) is 36.5 Å². The standard InChI is InChI=1S/C37H44BFN4O5/c1-22(2)17-30(38-46-29-19-25-18-28(35(25,3)4)36(29,5)47-38)42-34(45)37(32(39)24-12-7-6-8-13-24)20-26(43-48-37)21-41-33(44)31-27-14-10-9-11-23(27)15-16-40-31/h6-16,22,25,28-30,32H,17-21H2,1-5H3,(H,41,44)(H,42,45)/t25-,28-,29+,30-,32?,36-,37?/m0/s1. The summed E-state index contributed by atoms with van der Waals surface area (Å²) in [6.45, 7) is 10.9. The number of carbonyl (C=O) groups is 2. The van der Waals surface area contributed by atoms with E-state index in [-0.39, 0.29) is 36.1 Å². The summed E-state index contributed by atoms with van der Waals surface area (Å²) in [6.07, 6.45) is 2.13. The van der Waals surface area contributed by atoms with Crippen molar-refractivity contribution in [1.82, 2.24) is 15.6 Å². The maximum absolute atomic E-state index is 16.7. The minimum Gasteiger partial charge on any atom is -0.404 e. The van der Waals surface area contributed by atoms with E-state index in [9.17, 15) is 9.59 Å². The highest BCUT2D eigenvalue weighted by molar-refractivity contribution is 6.48. The number of oxime groups is 1. The van der Waals surface area contributed by atoms with Gasteiger partial charge in [-0.05, 0) is 66.4 Å². The number of alkyl halides is 1. The van der Waals surface area contributed by atoms with E-state index in [2.05, 4.69) is 55.4 Å². The van der Waals surface area contributed by atoms with E-state index in [0.29, 0.717) is 34.9 Å². The third kappa shape index (κ3) is 5.49. The van der Waals surface area contributed by atoms with Gasteiger partial charge in [-0.15, -0.1) is 0 Å². The predicted molar refractivity (Wildman–Crippen MR) is 182 cm³/mol. The molecule has 4 fully saturated rings. The molecule has 2 amide bonds. The first kappa shape index (κ1) is 32.7. The number of carbonyl (C=O) groups excluding carboxylic acids is 2. The zero-order valence-electron chi connectivity index (χ0n) is 28.2. The number of rotatable bonds is 10. The van der Waals surface area contributed by atoms with Crippen molar-refractivity contribution in [3.63, 3.8) is 0 Å². The molecule has 3 aromatic rings. The molecule has 2 unspecified atom stereocenters. The minimum atomic E-state index is -1.99. The molecule has 0 radical (unpaired) electrons. The number of amides is 2. The van der Waals surface area contributed by atoms with Gasteiger partial charge in [0.1, 0.15) is 5.69 Å². The quantitative estimate of drug-likeness (QED) is 0.260. The van der Waals surface area contributed by atoms with Gasteiger partial charge in [0.2, 0.25) is 0 Å². The molecule has 1 aromatic heterocycles. The third-order valence-corrected chi connectivity index (χ3v) is 11.4. The molecule has 2 N–H and O–H groups in total. The first-order valence-electron chi connectivity index (χ1n) is 17.1. The number of hydrogen-bond acceptors (Lipinski definition) is 7. The van der Waals surface area contributed by atoms with E-state index >= 15 is 4.39 Å². The van der Waals surface area contributed by atoms with Gasteiger partial charge < -0.3 is 24.8 Å². The van der Waals surface area contributed by atoms with Crippen LogP contribution in [-0.2, 0) is 18.9 Å². The molecule has 2 aliphatic heterocycles. The van der Waals surface area contributed by atoms with Crippen molar-refractivity contribution in [1.29, 1.82) is 0 Å². The Labute approximate surface area is 281 Å². The summed E-state index contributed by atoms with van der Waals surface area (Å²) in [6, 6.07) is 17.8. The van der Waals surface area contributed by atoms with Crippen LogP contribution in [0.4, 0.5) is 4.39 Å². The number of nitrogens with zero attached hydrogens (tertiary/aromatic N) is 2. The van der Waals surface area contributed by atoms with Crippen molar-refractivity contribution in [3.8, 4) is 0 Å². The summed E-state index contributed by atoms with van der Waals surface area (Å²) < 4.78 is 30.0. The molecule has 9 nitrogen and oxygen atoms in total. The van der Waals surface area contributed by atoms with Crippen molar-refractivity contribution in [3.05, 3.63) is 78.1 Å². The molecule has 2 bridgehead atoms. The van der Waals surface area contributed by atoms with Gasteiger partial charge in [0.15, 0.2) is 6.17 Å². The second-order valence-corrected chi connectivity index (χ2v) is 15.2. The smallest absolute Gasteiger partial charge is 0.404 e. The van der Waals surface area contributed by atoms with Gasteiger partial charge in [-0.3, -0.25) is 14.6 Å². The van der Waals surface area contributed by atoms with Crippen LogP contribution in [0.25, 0.3) is 10.8 Å². The average Bonchev–Trinajstić information content (AvgIpc) is 3.68. The van der Waals surface area contributed by atoms with E-state index in [0.717, 1.165) is 18.2 Å². The second-order valence-electron chi connectivity index (χ2n) is 15.2. The first-order chi connectivity index (χ1) is 22.9. The molecule has 48 heavy (non-hydrogen) atoms. The fourth-order valence-electron chi connectivity index (χ4n) is 8.55. The van der Waals surface area contributed by atoms with Gasteiger partial charge in [0.05, 0.1) is 29.9 Å². The average molecular weight is 655 g/mol. The lowest BCUT2D eigenvalue weighted by atomic mass is 9.43. The molecular formula is C37H44BFN4O5. The molecule has 11 heteroatoms. The lowest BCUT2D eigenvalue weighted by Gasteiger charge is -2.64. The predicted octanol–water partition coefficient (Wildman–Crippen LogP) is 5.99. The highest BCUT2D eigenvalue weighted by Crippen LogP contribution is 2.65. The number of benzene rings is 2. The topological polar surface area (TPSA) is 111 Å². The van der Waals surface area contributed by atoms with Gasteiger partial charge in [0, 0.05) is 18.0 Å². The Kier molecular flexibility index (Phi) is 8.35. The van der Waals surface area contributed by atoms with Gasteiger partial charge in [0.25, 0.3) is 17.4 Å². The van der Waals surface area contributed by atoms with Crippen LogP contribution in [0.2, 0.25) is 0 Å². The second kappa shape index (κ2) is 12.3. The Bertz CT molecular complexity index is 1730. The van der Waals surface area contributed by atoms with Crippen LogP contribution in [0.15, 0.2) is 72.0 Å². The van der Waals surface area contributed by atoms with Crippen molar-refractivity contribution in [2.45, 2.75) is 89.7 Å².